The SMILES string of the molecule is Brc1ccc2[nH]c3nc(N/N=C/c4ccccn4)nnc3c2c1. The Kier molecular flexibility index (Phi) is 3.43. The van der Waals surface area contributed by atoms with E-state index in [0.29, 0.717) is 11.6 Å². The minimum atomic E-state index is 0.315. The Labute approximate surface area is 139 Å². The van der Waals surface area contributed by atoms with Gasteiger partial charge in [-0.2, -0.15) is 10.1 Å². The van der Waals surface area contributed by atoms with E-state index in [2.05, 4.69) is 51.6 Å². The average Bonchev–Trinajstić information content (AvgIpc) is 2.93. The Hall–Kier alpha value is -2.87. The van der Waals surface area contributed by atoms with Crippen LogP contribution in [0.4, 0.5) is 5.95 Å². The maximum Gasteiger partial charge on any atom is 0.265 e. The van der Waals surface area contributed by atoms with Gasteiger partial charge in [-0.15, -0.1) is 10.2 Å². The van der Waals surface area contributed by atoms with Crippen molar-refractivity contribution >= 4 is 50.2 Å². The molecular weight excluding hydrogens is 358 g/mol. The third-order valence-corrected chi connectivity index (χ3v) is 3.72. The van der Waals surface area contributed by atoms with Gasteiger partial charge >= 0.3 is 0 Å². The van der Waals surface area contributed by atoms with Crippen molar-refractivity contribution in [3.63, 3.8) is 0 Å². The number of nitrogens with zero attached hydrogens (tertiary/aromatic N) is 5. The first kappa shape index (κ1) is 13.8. The van der Waals surface area contributed by atoms with Crippen LogP contribution < -0.4 is 5.43 Å². The molecule has 2 N–H and O–H groups in total. The number of benzene rings is 1. The van der Waals surface area contributed by atoms with Crippen LogP contribution in [0, 0.1) is 0 Å². The lowest BCUT2D eigenvalue weighted by molar-refractivity contribution is 1.01. The molecule has 4 rings (SSSR count). The van der Waals surface area contributed by atoms with E-state index >= 15 is 0 Å². The molecule has 1 aromatic carbocycles. The number of halogens is 1. The van der Waals surface area contributed by atoms with Crippen molar-refractivity contribution < 1.29 is 0 Å². The van der Waals surface area contributed by atoms with Crippen LogP contribution in [-0.4, -0.2) is 31.4 Å². The predicted molar refractivity (Wildman–Crippen MR) is 92.3 cm³/mol. The van der Waals surface area contributed by atoms with Crippen LogP contribution in [0.2, 0.25) is 0 Å². The minimum Gasteiger partial charge on any atom is -0.338 e. The number of pyridine rings is 1. The number of rotatable bonds is 3. The molecule has 8 heteroatoms. The topological polar surface area (TPSA) is 91.7 Å². The minimum absolute atomic E-state index is 0.315. The number of aromatic nitrogens is 5. The van der Waals surface area contributed by atoms with Gasteiger partial charge in [-0.05, 0) is 30.3 Å². The highest BCUT2D eigenvalue weighted by molar-refractivity contribution is 9.10. The van der Waals surface area contributed by atoms with E-state index in [9.17, 15) is 0 Å². The molecule has 23 heavy (non-hydrogen) atoms. The van der Waals surface area contributed by atoms with Crippen molar-refractivity contribution in [2.24, 2.45) is 5.10 Å². The second-order valence-electron chi connectivity index (χ2n) is 4.77. The molecule has 0 atom stereocenters. The van der Waals surface area contributed by atoms with Gasteiger partial charge in [-0.1, -0.05) is 22.0 Å². The Balaban J connectivity index is 1.64. The molecule has 0 unspecified atom stereocenters. The maximum atomic E-state index is 4.38. The Morgan fingerprint density at radius 3 is 3.00 bits per heavy atom. The van der Waals surface area contributed by atoms with Gasteiger partial charge in [0.15, 0.2) is 5.65 Å². The number of hydrazone groups is 1. The fourth-order valence-corrected chi connectivity index (χ4v) is 2.56. The summed E-state index contributed by atoms with van der Waals surface area (Å²) < 4.78 is 0.981. The summed E-state index contributed by atoms with van der Waals surface area (Å²) in [7, 11) is 0. The summed E-state index contributed by atoms with van der Waals surface area (Å²) in [5.74, 6) is 0.315. The molecule has 0 radical (unpaired) electrons. The molecule has 0 amide bonds. The predicted octanol–water partition coefficient (Wildman–Crippen LogP) is 3.11. The van der Waals surface area contributed by atoms with Crippen LogP contribution in [0.5, 0.6) is 0 Å². The molecular formula is C15H10BrN7. The van der Waals surface area contributed by atoms with Crippen molar-refractivity contribution in [1.29, 1.82) is 0 Å². The van der Waals surface area contributed by atoms with Gasteiger partial charge in [0.25, 0.3) is 5.95 Å². The normalized spacial score (nSPS) is 11.5. The Bertz CT molecular complexity index is 1010. The molecule has 112 valence electrons. The van der Waals surface area contributed by atoms with Gasteiger partial charge in [0, 0.05) is 21.6 Å². The van der Waals surface area contributed by atoms with Crippen molar-refractivity contribution in [3.05, 3.63) is 52.8 Å². The van der Waals surface area contributed by atoms with Crippen LogP contribution in [0.1, 0.15) is 5.69 Å². The second kappa shape index (κ2) is 5.73. The second-order valence-corrected chi connectivity index (χ2v) is 5.69. The lowest BCUT2D eigenvalue weighted by Crippen LogP contribution is -1.99. The summed E-state index contributed by atoms with van der Waals surface area (Å²) in [6.45, 7) is 0. The zero-order valence-corrected chi connectivity index (χ0v) is 13.3. The molecule has 7 nitrogen and oxygen atoms in total. The number of hydrogen-bond donors (Lipinski definition) is 2. The highest BCUT2D eigenvalue weighted by Gasteiger charge is 2.09. The number of hydrogen-bond acceptors (Lipinski definition) is 6. The summed E-state index contributed by atoms with van der Waals surface area (Å²) in [5, 5.41) is 13.3. The first-order valence-corrected chi connectivity index (χ1v) is 7.61. The third-order valence-electron chi connectivity index (χ3n) is 3.23. The summed E-state index contributed by atoms with van der Waals surface area (Å²) in [6.07, 6.45) is 3.30. The van der Waals surface area contributed by atoms with Crippen LogP contribution in [0.3, 0.4) is 0 Å². The summed E-state index contributed by atoms with van der Waals surface area (Å²) in [4.78, 5) is 11.7. The van der Waals surface area contributed by atoms with E-state index in [1.165, 1.54) is 0 Å². The third kappa shape index (κ3) is 2.76. The quantitative estimate of drug-likeness (QED) is 0.428. The van der Waals surface area contributed by atoms with Crippen LogP contribution >= 0.6 is 15.9 Å². The van der Waals surface area contributed by atoms with Crippen LogP contribution in [0.25, 0.3) is 22.1 Å². The van der Waals surface area contributed by atoms with Gasteiger partial charge in [0.05, 0.1) is 11.9 Å². The summed E-state index contributed by atoms with van der Waals surface area (Å²) >= 11 is 3.45. The Morgan fingerprint density at radius 1 is 1.17 bits per heavy atom. The molecule has 0 spiro atoms. The zero-order chi connectivity index (χ0) is 15.6. The lowest BCUT2D eigenvalue weighted by Gasteiger charge is -1.97. The molecule has 0 saturated carbocycles. The molecule has 0 aliphatic heterocycles. The van der Waals surface area contributed by atoms with Gasteiger partial charge in [0.1, 0.15) is 5.52 Å². The van der Waals surface area contributed by atoms with Gasteiger partial charge in [0.2, 0.25) is 0 Å². The molecule has 4 aromatic rings. The summed E-state index contributed by atoms with van der Waals surface area (Å²) in [6, 6.07) is 11.5. The first-order chi connectivity index (χ1) is 11.3. The van der Waals surface area contributed by atoms with E-state index in [1.807, 2.05) is 36.4 Å². The average molecular weight is 368 g/mol. The Morgan fingerprint density at radius 2 is 2.13 bits per heavy atom. The van der Waals surface area contributed by atoms with Crippen molar-refractivity contribution in [3.8, 4) is 0 Å². The molecule has 3 heterocycles. The molecule has 0 bridgehead atoms. The smallest absolute Gasteiger partial charge is 0.265 e. The monoisotopic (exact) mass is 367 g/mol. The number of anilines is 1. The van der Waals surface area contributed by atoms with E-state index in [0.717, 1.165) is 26.6 Å². The number of aromatic amines is 1. The fourth-order valence-electron chi connectivity index (χ4n) is 2.20. The summed E-state index contributed by atoms with van der Waals surface area (Å²) in [5.41, 5.74) is 5.83. The molecule has 0 aliphatic carbocycles. The van der Waals surface area contributed by atoms with Gasteiger partial charge < -0.3 is 4.98 Å². The van der Waals surface area contributed by atoms with Gasteiger partial charge in [-0.25, -0.2) is 5.43 Å². The van der Waals surface area contributed by atoms with Crippen molar-refractivity contribution in [1.82, 2.24) is 25.1 Å². The number of H-pyrrole nitrogens is 1. The zero-order valence-electron chi connectivity index (χ0n) is 11.7. The van der Waals surface area contributed by atoms with Crippen molar-refractivity contribution in [2.45, 2.75) is 0 Å². The van der Waals surface area contributed by atoms with E-state index in [1.54, 1.807) is 12.4 Å². The molecule has 0 saturated heterocycles. The maximum absolute atomic E-state index is 4.38. The van der Waals surface area contributed by atoms with E-state index < -0.39 is 0 Å². The standard InChI is InChI=1S/C15H10BrN7/c16-9-4-5-12-11(7-9)13-14(19-12)20-15(23-21-13)22-18-8-10-3-1-2-6-17-10/h1-8H,(H2,19,20,22,23)/b18-8+. The first-order valence-electron chi connectivity index (χ1n) is 6.81. The molecule has 3 aromatic heterocycles. The van der Waals surface area contributed by atoms with Gasteiger partial charge in [-0.3, -0.25) is 4.98 Å². The fraction of sp³-hybridized carbons (Fsp3) is 0. The van der Waals surface area contributed by atoms with E-state index in [-0.39, 0.29) is 0 Å². The molecule has 0 aliphatic rings. The molecule has 0 fully saturated rings. The van der Waals surface area contributed by atoms with E-state index in [4.69, 9.17) is 0 Å². The van der Waals surface area contributed by atoms with Crippen LogP contribution in [0.15, 0.2) is 52.2 Å². The van der Waals surface area contributed by atoms with Crippen molar-refractivity contribution in [2.75, 3.05) is 5.43 Å². The highest BCUT2D eigenvalue weighted by Crippen LogP contribution is 2.25. The highest BCUT2D eigenvalue weighted by atomic mass is 79.9. The number of nitrogens with one attached hydrogen (secondary N) is 2. The number of fused-ring (bicyclic) bond motifs is 3. The largest absolute Gasteiger partial charge is 0.338 e. The lowest BCUT2D eigenvalue weighted by atomic mass is 10.2. The van der Waals surface area contributed by atoms with Crippen LogP contribution in [-0.2, 0) is 0 Å².